The second kappa shape index (κ2) is 4.14. The van der Waals surface area contributed by atoms with Crippen molar-refractivity contribution < 1.29 is 15.0 Å². The van der Waals surface area contributed by atoms with Crippen molar-refractivity contribution in [2.45, 2.75) is 11.6 Å². The standard InChI is InChI=1S/C7H8N2O4S/c1-14-7-8-5(12)3(2-4(10)11)6(13)9-7/h2H2,1H3,(H,10,11)(H2,8,9,12,13). The van der Waals surface area contributed by atoms with Crippen molar-refractivity contribution in [2.75, 3.05) is 6.26 Å². The summed E-state index contributed by atoms with van der Waals surface area (Å²) in [4.78, 5) is 27.5. The molecule has 1 aromatic rings. The molecule has 0 radical (unpaired) electrons. The molecule has 0 spiro atoms. The van der Waals surface area contributed by atoms with Crippen LogP contribution in [0.2, 0.25) is 0 Å². The van der Waals surface area contributed by atoms with Crippen molar-refractivity contribution >= 4 is 17.7 Å². The average Bonchev–Trinajstić information content (AvgIpc) is 2.10. The lowest BCUT2D eigenvalue weighted by atomic mass is 10.2. The highest BCUT2D eigenvalue weighted by Gasteiger charge is 2.13. The molecule has 0 bridgehead atoms. The zero-order chi connectivity index (χ0) is 10.7. The van der Waals surface area contributed by atoms with Crippen molar-refractivity contribution in [2.24, 2.45) is 0 Å². The molecule has 0 unspecified atom stereocenters. The predicted molar refractivity (Wildman–Crippen MR) is 49.6 cm³/mol. The Morgan fingerprint density at radius 1 is 1.64 bits per heavy atom. The number of aromatic hydroxyl groups is 1. The van der Waals surface area contributed by atoms with Gasteiger partial charge in [0, 0.05) is 0 Å². The molecule has 0 amide bonds. The number of thioether (sulfide) groups is 1. The molecule has 6 nitrogen and oxygen atoms in total. The van der Waals surface area contributed by atoms with Crippen LogP contribution in [0.1, 0.15) is 5.56 Å². The Bertz CT molecular complexity index is 415. The maximum Gasteiger partial charge on any atom is 0.308 e. The van der Waals surface area contributed by atoms with Crippen LogP contribution in [0, 0.1) is 0 Å². The fourth-order valence-electron chi connectivity index (χ4n) is 0.873. The van der Waals surface area contributed by atoms with E-state index in [1.165, 1.54) is 0 Å². The molecule has 0 saturated heterocycles. The Kier molecular flexibility index (Phi) is 3.13. The highest BCUT2D eigenvalue weighted by molar-refractivity contribution is 7.98. The molecule has 0 aliphatic rings. The molecule has 0 aromatic carbocycles. The van der Waals surface area contributed by atoms with Crippen molar-refractivity contribution in [3.05, 3.63) is 15.9 Å². The maximum atomic E-state index is 11.2. The molecule has 3 N–H and O–H groups in total. The van der Waals surface area contributed by atoms with E-state index in [4.69, 9.17) is 5.11 Å². The number of aliphatic carboxylic acids is 1. The van der Waals surface area contributed by atoms with Gasteiger partial charge < -0.3 is 15.2 Å². The molecule has 1 rings (SSSR count). The molecule has 0 aliphatic carbocycles. The van der Waals surface area contributed by atoms with Gasteiger partial charge in [0.2, 0.25) is 5.88 Å². The van der Waals surface area contributed by atoms with Crippen LogP contribution in [-0.2, 0) is 11.2 Å². The number of aromatic amines is 1. The zero-order valence-corrected chi connectivity index (χ0v) is 8.09. The van der Waals surface area contributed by atoms with Crippen LogP contribution >= 0.6 is 11.8 Å². The topological polar surface area (TPSA) is 103 Å². The summed E-state index contributed by atoms with van der Waals surface area (Å²) in [5.74, 6) is -1.72. The number of nitrogens with zero attached hydrogens (tertiary/aromatic N) is 1. The summed E-state index contributed by atoms with van der Waals surface area (Å²) < 4.78 is 0. The van der Waals surface area contributed by atoms with Crippen molar-refractivity contribution in [1.29, 1.82) is 0 Å². The SMILES string of the molecule is CSc1nc(O)c(CC(=O)O)c(=O)[nH]1. The van der Waals surface area contributed by atoms with Crippen molar-refractivity contribution in [1.82, 2.24) is 9.97 Å². The molecule has 1 aromatic heterocycles. The molecular weight excluding hydrogens is 208 g/mol. The van der Waals surface area contributed by atoms with Gasteiger partial charge >= 0.3 is 5.97 Å². The van der Waals surface area contributed by atoms with Gasteiger partial charge in [0.25, 0.3) is 5.56 Å². The Morgan fingerprint density at radius 2 is 2.29 bits per heavy atom. The van der Waals surface area contributed by atoms with Gasteiger partial charge in [-0.1, -0.05) is 11.8 Å². The summed E-state index contributed by atoms with van der Waals surface area (Å²) in [6.45, 7) is 0. The van der Waals surface area contributed by atoms with E-state index in [2.05, 4.69) is 9.97 Å². The molecule has 0 aliphatic heterocycles. The van der Waals surface area contributed by atoms with Crippen LogP contribution in [0.4, 0.5) is 0 Å². The first-order valence-electron chi connectivity index (χ1n) is 3.62. The fraction of sp³-hybridized carbons (Fsp3) is 0.286. The molecule has 0 saturated carbocycles. The van der Waals surface area contributed by atoms with Gasteiger partial charge in [0.05, 0.1) is 12.0 Å². The second-order valence-electron chi connectivity index (χ2n) is 2.45. The van der Waals surface area contributed by atoms with Crippen LogP contribution < -0.4 is 5.56 Å². The van der Waals surface area contributed by atoms with Crippen LogP contribution in [0.15, 0.2) is 9.95 Å². The third-order valence-corrected chi connectivity index (χ3v) is 2.07. The van der Waals surface area contributed by atoms with Gasteiger partial charge in [-0.3, -0.25) is 9.59 Å². The fourth-order valence-corrected chi connectivity index (χ4v) is 1.25. The van der Waals surface area contributed by atoms with Gasteiger partial charge in [-0.25, -0.2) is 0 Å². The first-order chi connectivity index (χ1) is 6.54. The molecule has 0 fully saturated rings. The number of rotatable bonds is 3. The van der Waals surface area contributed by atoms with Gasteiger partial charge in [0.1, 0.15) is 0 Å². The molecule has 1 heterocycles. The van der Waals surface area contributed by atoms with Gasteiger partial charge in [-0.05, 0) is 6.26 Å². The summed E-state index contributed by atoms with van der Waals surface area (Å²) in [5, 5.41) is 17.9. The van der Waals surface area contributed by atoms with E-state index in [-0.39, 0.29) is 10.7 Å². The number of nitrogens with one attached hydrogen (secondary N) is 1. The number of H-pyrrole nitrogens is 1. The van der Waals surface area contributed by atoms with Gasteiger partial charge in [0.15, 0.2) is 5.16 Å². The highest BCUT2D eigenvalue weighted by atomic mass is 32.2. The Hall–Kier alpha value is -1.50. The lowest BCUT2D eigenvalue weighted by Gasteiger charge is -2.01. The minimum absolute atomic E-state index is 0.227. The van der Waals surface area contributed by atoms with E-state index in [9.17, 15) is 14.7 Å². The second-order valence-corrected chi connectivity index (χ2v) is 3.24. The van der Waals surface area contributed by atoms with Crippen LogP contribution in [0.25, 0.3) is 0 Å². The number of carbonyl (C=O) groups is 1. The number of carboxylic acid groups (broad SMARTS) is 1. The van der Waals surface area contributed by atoms with Crippen molar-refractivity contribution in [3.8, 4) is 5.88 Å². The van der Waals surface area contributed by atoms with Gasteiger partial charge in [-0.15, -0.1) is 0 Å². The van der Waals surface area contributed by atoms with Gasteiger partial charge in [-0.2, -0.15) is 4.98 Å². The minimum Gasteiger partial charge on any atom is -0.493 e. The normalized spacial score (nSPS) is 10.1. The maximum absolute atomic E-state index is 11.2. The predicted octanol–water partition coefficient (Wildman–Crippen LogP) is -0.176. The van der Waals surface area contributed by atoms with Crippen molar-refractivity contribution in [3.63, 3.8) is 0 Å². The number of aromatic nitrogens is 2. The van der Waals surface area contributed by atoms with E-state index in [1.54, 1.807) is 6.26 Å². The van der Waals surface area contributed by atoms with E-state index >= 15 is 0 Å². The highest BCUT2D eigenvalue weighted by Crippen LogP contribution is 2.13. The van der Waals surface area contributed by atoms with Crippen LogP contribution in [-0.4, -0.2) is 32.4 Å². The summed E-state index contributed by atoms with van der Waals surface area (Å²) in [5.41, 5.74) is -0.848. The summed E-state index contributed by atoms with van der Waals surface area (Å²) >= 11 is 1.15. The molecular formula is C7H8N2O4S. The Labute approximate surface area is 83.0 Å². The molecule has 0 atom stereocenters. The number of hydrogen-bond acceptors (Lipinski definition) is 5. The number of hydrogen-bond donors (Lipinski definition) is 3. The summed E-state index contributed by atoms with van der Waals surface area (Å²) in [6, 6.07) is 0. The lowest BCUT2D eigenvalue weighted by Crippen LogP contribution is -2.18. The third-order valence-electron chi connectivity index (χ3n) is 1.49. The van der Waals surface area contributed by atoms with E-state index in [0.717, 1.165) is 11.8 Å². The smallest absolute Gasteiger partial charge is 0.308 e. The molecule has 76 valence electrons. The van der Waals surface area contributed by atoms with Crippen LogP contribution in [0.3, 0.4) is 0 Å². The first-order valence-corrected chi connectivity index (χ1v) is 4.85. The van der Waals surface area contributed by atoms with Crippen LogP contribution in [0.5, 0.6) is 5.88 Å². The Balaban J connectivity index is 3.18. The van der Waals surface area contributed by atoms with E-state index < -0.39 is 23.8 Å². The lowest BCUT2D eigenvalue weighted by molar-refractivity contribution is -0.136. The molecule has 7 heteroatoms. The zero-order valence-electron chi connectivity index (χ0n) is 7.27. The first kappa shape index (κ1) is 10.6. The minimum atomic E-state index is -1.19. The summed E-state index contributed by atoms with van der Waals surface area (Å²) in [7, 11) is 0. The molecule has 14 heavy (non-hydrogen) atoms. The van der Waals surface area contributed by atoms with E-state index in [1.807, 2.05) is 0 Å². The monoisotopic (exact) mass is 216 g/mol. The van der Waals surface area contributed by atoms with E-state index in [0.29, 0.717) is 0 Å². The largest absolute Gasteiger partial charge is 0.493 e. The quantitative estimate of drug-likeness (QED) is 0.478. The average molecular weight is 216 g/mol. The number of carboxylic acids is 1. The summed E-state index contributed by atoms with van der Waals surface area (Å²) in [6.07, 6.45) is 1.14. The third kappa shape index (κ3) is 2.25. The Morgan fingerprint density at radius 3 is 2.71 bits per heavy atom.